The molecule has 0 spiro atoms. The Balaban J connectivity index is 2.25. The molecule has 2 heterocycles. The molecule has 1 unspecified atom stereocenters. The Labute approximate surface area is 116 Å². The minimum atomic E-state index is 0.0925. The number of benzene rings is 1. The molecule has 0 fully saturated rings. The molecule has 0 aliphatic carbocycles. The van der Waals surface area contributed by atoms with Crippen LogP contribution in [0.15, 0.2) is 28.8 Å². The maximum absolute atomic E-state index is 5.45. The first-order valence-electron chi connectivity index (χ1n) is 6.21. The average Bonchev–Trinajstić information content (AvgIpc) is 2.88. The predicted octanol–water partition coefficient (Wildman–Crippen LogP) is 3.91. The zero-order valence-corrected chi connectivity index (χ0v) is 11.9. The van der Waals surface area contributed by atoms with E-state index in [0.717, 1.165) is 28.1 Å². The smallest absolute Gasteiger partial charge is 0.178 e. The molecule has 0 saturated carbocycles. The second kappa shape index (κ2) is 4.35. The van der Waals surface area contributed by atoms with E-state index in [4.69, 9.17) is 16.7 Å². The molecule has 1 atom stereocenters. The lowest BCUT2D eigenvalue weighted by atomic mass is 10.1. The highest BCUT2D eigenvalue weighted by Gasteiger charge is 2.20. The van der Waals surface area contributed by atoms with E-state index in [1.807, 2.05) is 32.0 Å². The van der Waals surface area contributed by atoms with Crippen LogP contribution in [-0.4, -0.2) is 14.7 Å². The Bertz CT molecular complexity index is 777. The van der Waals surface area contributed by atoms with Crippen LogP contribution in [0.25, 0.3) is 11.0 Å². The molecule has 3 aromatic rings. The molecule has 0 bridgehead atoms. The van der Waals surface area contributed by atoms with Crippen LogP contribution in [0.1, 0.15) is 30.0 Å². The number of aromatic amines is 1. The van der Waals surface area contributed by atoms with Gasteiger partial charge in [0.15, 0.2) is 4.77 Å². The van der Waals surface area contributed by atoms with E-state index >= 15 is 0 Å². The van der Waals surface area contributed by atoms with Crippen LogP contribution in [0, 0.1) is 18.6 Å². The molecule has 4 nitrogen and oxygen atoms in total. The van der Waals surface area contributed by atoms with Crippen LogP contribution in [-0.2, 0) is 0 Å². The molecule has 1 N–H and O–H groups in total. The van der Waals surface area contributed by atoms with Crippen molar-refractivity contribution in [2.75, 3.05) is 0 Å². The first-order chi connectivity index (χ1) is 9.09. The summed E-state index contributed by atoms with van der Waals surface area (Å²) in [5, 5.41) is 4.02. The molecular weight excluding hydrogens is 258 g/mol. The normalized spacial score (nSPS) is 13.0. The van der Waals surface area contributed by atoms with Crippen molar-refractivity contribution in [2.45, 2.75) is 26.8 Å². The number of nitrogens with one attached hydrogen (secondary N) is 1. The Morgan fingerprint density at radius 1 is 1.32 bits per heavy atom. The third kappa shape index (κ3) is 1.81. The van der Waals surface area contributed by atoms with Crippen LogP contribution in [0.4, 0.5) is 0 Å². The molecule has 0 amide bonds. The van der Waals surface area contributed by atoms with Crippen molar-refractivity contribution in [1.82, 2.24) is 14.7 Å². The van der Waals surface area contributed by atoms with E-state index < -0.39 is 0 Å². The number of imidazole rings is 1. The fourth-order valence-corrected chi connectivity index (χ4v) is 3.04. The molecule has 0 aliphatic rings. The summed E-state index contributed by atoms with van der Waals surface area (Å²) in [4.78, 5) is 3.24. The van der Waals surface area contributed by atoms with Crippen molar-refractivity contribution in [2.24, 2.45) is 0 Å². The van der Waals surface area contributed by atoms with Crippen molar-refractivity contribution < 1.29 is 4.52 Å². The summed E-state index contributed by atoms with van der Waals surface area (Å²) in [6, 6.07) is 8.20. The highest BCUT2D eigenvalue weighted by atomic mass is 32.1. The molecule has 0 saturated heterocycles. The fraction of sp³-hybridized carbons (Fsp3) is 0.286. The number of para-hydroxylation sites is 2. The molecule has 2 aromatic heterocycles. The Morgan fingerprint density at radius 3 is 2.74 bits per heavy atom. The van der Waals surface area contributed by atoms with E-state index in [1.165, 1.54) is 0 Å². The minimum absolute atomic E-state index is 0.0925. The minimum Gasteiger partial charge on any atom is -0.361 e. The quantitative estimate of drug-likeness (QED) is 0.720. The predicted molar refractivity (Wildman–Crippen MR) is 76.9 cm³/mol. The molecule has 98 valence electrons. The molecule has 1 aromatic carbocycles. The van der Waals surface area contributed by atoms with Crippen LogP contribution >= 0.6 is 12.2 Å². The molecule has 19 heavy (non-hydrogen) atoms. The van der Waals surface area contributed by atoms with Gasteiger partial charge in [0.05, 0.1) is 22.8 Å². The lowest BCUT2D eigenvalue weighted by Gasteiger charge is -2.14. The number of hydrogen-bond donors (Lipinski definition) is 1. The lowest BCUT2D eigenvalue weighted by Crippen LogP contribution is -2.08. The van der Waals surface area contributed by atoms with Gasteiger partial charge >= 0.3 is 0 Å². The second-order valence-electron chi connectivity index (χ2n) is 4.73. The largest absolute Gasteiger partial charge is 0.361 e. The number of aryl methyl sites for hydroxylation is 2. The second-order valence-corrected chi connectivity index (χ2v) is 5.12. The summed E-state index contributed by atoms with van der Waals surface area (Å²) in [6.45, 7) is 6.01. The van der Waals surface area contributed by atoms with E-state index in [1.54, 1.807) is 0 Å². The number of rotatable bonds is 2. The number of aromatic nitrogens is 3. The molecule has 5 heteroatoms. The van der Waals surface area contributed by atoms with Gasteiger partial charge in [0.1, 0.15) is 5.76 Å². The van der Waals surface area contributed by atoms with E-state index in [0.29, 0.717) is 4.77 Å². The van der Waals surface area contributed by atoms with Crippen LogP contribution < -0.4 is 0 Å². The lowest BCUT2D eigenvalue weighted by molar-refractivity contribution is 0.391. The summed E-state index contributed by atoms with van der Waals surface area (Å²) < 4.78 is 8.08. The van der Waals surface area contributed by atoms with Crippen molar-refractivity contribution in [3.05, 3.63) is 46.1 Å². The van der Waals surface area contributed by atoms with Gasteiger partial charge in [-0.2, -0.15) is 0 Å². The van der Waals surface area contributed by atoms with E-state index in [-0.39, 0.29) is 6.04 Å². The molecular formula is C14H15N3OS. The Kier molecular flexibility index (Phi) is 2.78. The van der Waals surface area contributed by atoms with Crippen LogP contribution in [0.2, 0.25) is 0 Å². The van der Waals surface area contributed by atoms with Crippen molar-refractivity contribution in [3.8, 4) is 0 Å². The SMILES string of the molecule is Cc1noc(C)c1C(C)n1c(=S)[nH]c2ccccc21. The van der Waals surface area contributed by atoms with Crippen molar-refractivity contribution >= 4 is 23.3 Å². The summed E-state index contributed by atoms with van der Waals surface area (Å²) >= 11 is 5.45. The summed E-state index contributed by atoms with van der Waals surface area (Å²) in [5.41, 5.74) is 4.16. The standard InChI is InChI=1S/C14H15N3OS/c1-8-13(10(3)18-16-8)9(2)17-12-7-5-4-6-11(12)15-14(17)19/h4-7,9H,1-3H3,(H,15,19). The van der Waals surface area contributed by atoms with Gasteiger partial charge in [-0.05, 0) is 45.1 Å². The zero-order valence-electron chi connectivity index (χ0n) is 11.1. The van der Waals surface area contributed by atoms with Gasteiger partial charge in [-0.1, -0.05) is 17.3 Å². The topological polar surface area (TPSA) is 46.8 Å². The zero-order chi connectivity index (χ0) is 13.6. The molecule has 3 rings (SSSR count). The first-order valence-corrected chi connectivity index (χ1v) is 6.62. The van der Waals surface area contributed by atoms with Gasteiger partial charge in [0.25, 0.3) is 0 Å². The van der Waals surface area contributed by atoms with Gasteiger partial charge in [-0.25, -0.2) is 0 Å². The van der Waals surface area contributed by atoms with Gasteiger partial charge in [0.2, 0.25) is 0 Å². The summed E-state index contributed by atoms with van der Waals surface area (Å²) in [6.07, 6.45) is 0. The van der Waals surface area contributed by atoms with Gasteiger partial charge in [0, 0.05) is 5.56 Å². The third-order valence-corrected chi connectivity index (χ3v) is 3.82. The maximum atomic E-state index is 5.45. The van der Waals surface area contributed by atoms with Crippen molar-refractivity contribution in [3.63, 3.8) is 0 Å². The Hall–Kier alpha value is -1.88. The van der Waals surface area contributed by atoms with E-state index in [2.05, 4.69) is 27.7 Å². The number of nitrogens with zero attached hydrogens (tertiary/aromatic N) is 2. The van der Waals surface area contributed by atoms with Gasteiger partial charge in [-0.15, -0.1) is 0 Å². The van der Waals surface area contributed by atoms with Crippen LogP contribution in [0.5, 0.6) is 0 Å². The van der Waals surface area contributed by atoms with Crippen LogP contribution in [0.3, 0.4) is 0 Å². The summed E-state index contributed by atoms with van der Waals surface area (Å²) in [7, 11) is 0. The van der Waals surface area contributed by atoms with Crippen molar-refractivity contribution in [1.29, 1.82) is 0 Å². The highest BCUT2D eigenvalue weighted by Crippen LogP contribution is 2.28. The van der Waals surface area contributed by atoms with E-state index in [9.17, 15) is 0 Å². The first kappa shape index (κ1) is 12.2. The number of fused-ring (bicyclic) bond motifs is 1. The monoisotopic (exact) mass is 273 g/mol. The Morgan fingerprint density at radius 2 is 2.05 bits per heavy atom. The average molecular weight is 273 g/mol. The third-order valence-electron chi connectivity index (χ3n) is 3.52. The molecule has 0 aliphatic heterocycles. The number of hydrogen-bond acceptors (Lipinski definition) is 3. The maximum Gasteiger partial charge on any atom is 0.178 e. The molecule has 0 radical (unpaired) electrons. The van der Waals surface area contributed by atoms with Gasteiger partial charge in [-0.3, -0.25) is 0 Å². The fourth-order valence-electron chi connectivity index (χ4n) is 2.67. The van der Waals surface area contributed by atoms with Gasteiger partial charge < -0.3 is 14.1 Å². The number of H-pyrrole nitrogens is 1. The highest BCUT2D eigenvalue weighted by molar-refractivity contribution is 7.71. The summed E-state index contributed by atoms with van der Waals surface area (Å²) in [5.74, 6) is 0.845.